The minimum absolute atomic E-state index is 0.0108. The Kier molecular flexibility index (Phi) is 8.40. The fourth-order valence-electron chi connectivity index (χ4n) is 2.45. The van der Waals surface area contributed by atoms with Gasteiger partial charge in [-0.05, 0) is 30.2 Å². The van der Waals surface area contributed by atoms with E-state index >= 15 is 0 Å². The number of rotatable bonds is 9. The molecule has 0 unspecified atom stereocenters. The highest BCUT2D eigenvalue weighted by molar-refractivity contribution is 7.99. The van der Waals surface area contributed by atoms with Crippen LogP contribution in [0, 0.1) is 11.3 Å². The van der Waals surface area contributed by atoms with Crippen LogP contribution in [0.1, 0.15) is 23.6 Å². The van der Waals surface area contributed by atoms with Gasteiger partial charge in [-0.25, -0.2) is 0 Å². The number of carbonyl (C=O) groups excluding carboxylic acids is 2. The third-order valence-corrected chi connectivity index (χ3v) is 4.98. The Morgan fingerprint density at radius 1 is 1.07 bits per heavy atom. The summed E-state index contributed by atoms with van der Waals surface area (Å²) in [6.45, 7) is 3.07. The van der Waals surface area contributed by atoms with Gasteiger partial charge in [0.25, 0.3) is 0 Å². The van der Waals surface area contributed by atoms with E-state index in [1.807, 2.05) is 49.4 Å². The van der Waals surface area contributed by atoms with Crippen LogP contribution in [0.3, 0.4) is 0 Å². The van der Waals surface area contributed by atoms with Crippen molar-refractivity contribution in [1.82, 2.24) is 10.2 Å². The van der Waals surface area contributed by atoms with Gasteiger partial charge in [0.05, 0.1) is 23.9 Å². The van der Waals surface area contributed by atoms with Crippen LogP contribution < -0.4 is 5.32 Å². The van der Waals surface area contributed by atoms with E-state index in [0.717, 1.165) is 11.1 Å². The average Bonchev–Trinajstić information content (AvgIpc) is 2.71. The second-order valence-electron chi connectivity index (χ2n) is 5.97. The molecule has 2 amide bonds. The molecule has 0 fully saturated rings. The molecule has 2 aromatic carbocycles. The van der Waals surface area contributed by atoms with Crippen molar-refractivity contribution in [2.45, 2.75) is 19.2 Å². The molecule has 1 N–H and O–H groups in total. The Labute approximate surface area is 164 Å². The maximum absolute atomic E-state index is 12.3. The minimum atomic E-state index is -0.155. The van der Waals surface area contributed by atoms with Crippen LogP contribution in [0.2, 0.25) is 0 Å². The van der Waals surface area contributed by atoms with E-state index in [1.165, 1.54) is 11.8 Å². The van der Waals surface area contributed by atoms with Gasteiger partial charge in [-0.1, -0.05) is 42.5 Å². The number of amides is 2. The van der Waals surface area contributed by atoms with Crippen molar-refractivity contribution in [3.05, 3.63) is 71.3 Å². The lowest BCUT2D eigenvalue weighted by Crippen LogP contribution is -2.40. The van der Waals surface area contributed by atoms with Crippen molar-refractivity contribution in [3.63, 3.8) is 0 Å². The zero-order valence-electron chi connectivity index (χ0n) is 15.4. The fraction of sp³-hybridized carbons (Fsp3) is 0.286. The minimum Gasteiger partial charge on any atom is -0.346 e. The molecule has 27 heavy (non-hydrogen) atoms. The van der Waals surface area contributed by atoms with Crippen molar-refractivity contribution < 1.29 is 9.59 Å². The summed E-state index contributed by atoms with van der Waals surface area (Å²) in [7, 11) is 0. The molecule has 5 nitrogen and oxygen atoms in total. The number of hydrogen-bond acceptors (Lipinski definition) is 4. The number of likely N-dealkylation sites (N-methyl/N-ethyl adjacent to an activating group) is 1. The highest BCUT2D eigenvalue weighted by atomic mass is 32.2. The highest BCUT2D eigenvalue weighted by Crippen LogP contribution is 2.12. The summed E-state index contributed by atoms with van der Waals surface area (Å²) in [6, 6.07) is 19.2. The predicted molar refractivity (Wildman–Crippen MR) is 108 cm³/mol. The maximum atomic E-state index is 12.3. The SMILES string of the molecule is CCN(Cc1ccccc1)C(=O)CNC(=O)CSCc1ccc(C#N)cc1. The van der Waals surface area contributed by atoms with E-state index in [2.05, 4.69) is 11.4 Å². The van der Waals surface area contributed by atoms with Gasteiger partial charge >= 0.3 is 0 Å². The number of benzene rings is 2. The van der Waals surface area contributed by atoms with Crippen molar-refractivity contribution in [2.75, 3.05) is 18.8 Å². The van der Waals surface area contributed by atoms with Crippen molar-refractivity contribution in [1.29, 1.82) is 5.26 Å². The molecule has 0 aliphatic rings. The summed E-state index contributed by atoms with van der Waals surface area (Å²) in [4.78, 5) is 26.0. The molecule has 0 aliphatic heterocycles. The predicted octanol–water partition coefficient (Wildman–Crippen LogP) is 2.96. The van der Waals surface area contributed by atoms with Crippen molar-refractivity contribution in [2.24, 2.45) is 0 Å². The summed E-state index contributed by atoms with van der Waals surface area (Å²) in [6.07, 6.45) is 0. The lowest BCUT2D eigenvalue weighted by Gasteiger charge is -2.21. The van der Waals surface area contributed by atoms with Crippen LogP contribution in [-0.4, -0.2) is 35.6 Å². The number of nitrogens with one attached hydrogen (secondary N) is 1. The first-order valence-corrected chi connectivity index (χ1v) is 9.93. The summed E-state index contributed by atoms with van der Waals surface area (Å²) in [5.41, 5.74) is 2.75. The summed E-state index contributed by atoms with van der Waals surface area (Å²) in [5.74, 6) is 0.727. The Balaban J connectivity index is 1.70. The Hall–Kier alpha value is -2.78. The molecule has 0 atom stereocenters. The summed E-state index contributed by atoms with van der Waals surface area (Å²) >= 11 is 1.48. The molecule has 140 valence electrons. The number of thioether (sulfide) groups is 1. The molecule has 6 heteroatoms. The van der Waals surface area contributed by atoms with E-state index in [9.17, 15) is 9.59 Å². The lowest BCUT2D eigenvalue weighted by molar-refractivity contribution is -0.132. The maximum Gasteiger partial charge on any atom is 0.242 e. The van der Waals surface area contributed by atoms with Crippen LogP contribution in [0.5, 0.6) is 0 Å². The Morgan fingerprint density at radius 2 is 1.78 bits per heavy atom. The molecule has 0 saturated heterocycles. The third-order valence-electron chi connectivity index (χ3n) is 3.97. The molecule has 0 saturated carbocycles. The first kappa shape index (κ1) is 20.5. The van der Waals surface area contributed by atoms with Gasteiger partial charge in [-0.3, -0.25) is 9.59 Å². The zero-order chi connectivity index (χ0) is 19.5. The Morgan fingerprint density at radius 3 is 2.41 bits per heavy atom. The quantitative estimate of drug-likeness (QED) is 0.725. The van der Waals surface area contributed by atoms with Crippen LogP contribution in [0.15, 0.2) is 54.6 Å². The van der Waals surface area contributed by atoms with Gasteiger partial charge in [-0.15, -0.1) is 11.8 Å². The largest absolute Gasteiger partial charge is 0.346 e. The van der Waals surface area contributed by atoms with E-state index < -0.39 is 0 Å². The Bertz CT molecular complexity index is 785. The molecule has 2 aromatic rings. The number of hydrogen-bond donors (Lipinski definition) is 1. The van der Waals surface area contributed by atoms with Gasteiger partial charge in [-0.2, -0.15) is 5.26 Å². The molecule has 0 spiro atoms. The van der Waals surface area contributed by atoms with Gasteiger partial charge in [0.2, 0.25) is 11.8 Å². The van der Waals surface area contributed by atoms with Gasteiger partial charge in [0.15, 0.2) is 0 Å². The normalized spacial score (nSPS) is 10.1. The fourth-order valence-corrected chi connectivity index (χ4v) is 3.27. The molecule has 0 radical (unpaired) electrons. The number of nitrogens with zero attached hydrogens (tertiary/aromatic N) is 2. The molecule has 0 heterocycles. The van der Waals surface area contributed by atoms with Crippen LogP contribution in [-0.2, 0) is 21.9 Å². The van der Waals surface area contributed by atoms with Crippen molar-refractivity contribution >= 4 is 23.6 Å². The van der Waals surface area contributed by atoms with E-state index in [0.29, 0.717) is 24.4 Å². The molecule has 0 aromatic heterocycles. The van der Waals surface area contributed by atoms with Gasteiger partial charge < -0.3 is 10.2 Å². The topological polar surface area (TPSA) is 73.2 Å². The second kappa shape index (κ2) is 11.0. The zero-order valence-corrected chi connectivity index (χ0v) is 16.2. The average molecular weight is 382 g/mol. The summed E-state index contributed by atoms with van der Waals surface area (Å²) < 4.78 is 0. The highest BCUT2D eigenvalue weighted by Gasteiger charge is 2.13. The van der Waals surface area contributed by atoms with Crippen LogP contribution >= 0.6 is 11.8 Å². The first-order chi connectivity index (χ1) is 13.1. The molecule has 0 bridgehead atoms. The van der Waals surface area contributed by atoms with Crippen molar-refractivity contribution in [3.8, 4) is 6.07 Å². The summed E-state index contributed by atoms with van der Waals surface area (Å²) in [5, 5.41) is 11.5. The first-order valence-electron chi connectivity index (χ1n) is 8.77. The smallest absolute Gasteiger partial charge is 0.242 e. The van der Waals surface area contributed by atoms with E-state index in [-0.39, 0.29) is 24.1 Å². The van der Waals surface area contributed by atoms with E-state index in [4.69, 9.17) is 5.26 Å². The second-order valence-corrected chi connectivity index (χ2v) is 6.96. The van der Waals surface area contributed by atoms with Crippen LogP contribution in [0.25, 0.3) is 0 Å². The molecule has 0 aliphatic carbocycles. The number of nitriles is 1. The monoisotopic (exact) mass is 381 g/mol. The number of carbonyl (C=O) groups is 2. The van der Waals surface area contributed by atoms with E-state index in [1.54, 1.807) is 17.0 Å². The van der Waals surface area contributed by atoms with Gasteiger partial charge in [0.1, 0.15) is 0 Å². The lowest BCUT2D eigenvalue weighted by atomic mass is 10.2. The van der Waals surface area contributed by atoms with Crippen LogP contribution in [0.4, 0.5) is 0 Å². The standard InChI is InChI=1S/C21H23N3O2S/c1-2-24(14-18-6-4-3-5-7-18)21(26)13-23-20(25)16-27-15-19-10-8-17(12-22)9-11-19/h3-11H,2,13-16H2,1H3,(H,23,25). The molecular formula is C21H23N3O2S. The third kappa shape index (κ3) is 7.16. The molecular weight excluding hydrogens is 358 g/mol. The van der Waals surface area contributed by atoms with Gasteiger partial charge in [0, 0.05) is 18.8 Å². The molecule has 2 rings (SSSR count).